The second-order valence-corrected chi connectivity index (χ2v) is 4.10. The van der Waals surface area contributed by atoms with Crippen LogP contribution in [0.3, 0.4) is 0 Å². The number of benzene rings is 1. The minimum absolute atomic E-state index is 0.183. The van der Waals surface area contributed by atoms with Crippen LogP contribution in [-0.2, 0) is 0 Å². The first-order valence-electron chi connectivity index (χ1n) is 5.46. The van der Waals surface area contributed by atoms with E-state index in [0.29, 0.717) is 18.0 Å². The van der Waals surface area contributed by atoms with E-state index in [9.17, 15) is 10.2 Å². The predicted molar refractivity (Wildman–Crippen MR) is 58.7 cm³/mol. The number of nitrogens with one attached hydrogen (secondary N) is 1. The van der Waals surface area contributed by atoms with Gasteiger partial charge in [-0.2, -0.15) is 0 Å². The summed E-state index contributed by atoms with van der Waals surface area (Å²) in [5, 5.41) is 22.9. The van der Waals surface area contributed by atoms with E-state index in [0.717, 1.165) is 13.0 Å². The zero-order chi connectivity index (χ0) is 10.7. The highest BCUT2D eigenvalue weighted by atomic mass is 16.3. The number of aliphatic hydroxyl groups is 1. The Bertz CT molecular complexity index is 321. The minimum atomic E-state index is -0.568. The van der Waals surface area contributed by atoms with Crippen LogP contribution in [0.1, 0.15) is 30.9 Å². The number of phenols is 1. The van der Waals surface area contributed by atoms with Crippen molar-refractivity contribution < 1.29 is 10.2 Å². The van der Waals surface area contributed by atoms with Gasteiger partial charge in [-0.25, -0.2) is 0 Å². The van der Waals surface area contributed by atoms with Gasteiger partial charge in [-0.05, 0) is 31.9 Å². The standard InChI is InChI=1S/C12H17NO2/c14-11-6-2-1-5-10(11)12(15)8-9-4-3-7-13-9/h1-2,5-6,9,12-15H,3-4,7-8H2. The van der Waals surface area contributed by atoms with Gasteiger partial charge >= 0.3 is 0 Å². The molecule has 0 bridgehead atoms. The number of hydrogen-bond acceptors (Lipinski definition) is 3. The molecule has 0 aliphatic carbocycles. The van der Waals surface area contributed by atoms with Crippen molar-refractivity contribution in [2.75, 3.05) is 6.54 Å². The molecule has 0 radical (unpaired) electrons. The van der Waals surface area contributed by atoms with Gasteiger partial charge < -0.3 is 15.5 Å². The van der Waals surface area contributed by atoms with Gasteiger partial charge in [-0.3, -0.25) is 0 Å². The molecule has 2 atom stereocenters. The van der Waals surface area contributed by atoms with E-state index in [-0.39, 0.29) is 5.75 Å². The molecule has 1 aliphatic rings. The molecule has 3 heteroatoms. The van der Waals surface area contributed by atoms with E-state index in [1.165, 1.54) is 6.42 Å². The molecule has 3 N–H and O–H groups in total. The molecule has 2 rings (SSSR count). The van der Waals surface area contributed by atoms with Crippen molar-refractivity contribution >= 4 is 0 Å². The zero-order valence-corrected chi connectivity index (χ0v) is 8.69. The predicted octanol–water partition coefficient (Wildman–Crippen LogP) is 1.57. The quantitative estimate of drug-likeness (QED) is 0.705. The van der Waals surface area contributed by atoms with E-state index >= 15 is 0 Å². The summed E-state index contributed by atoms with van der Waals surface area (Å²) in [6, 6.07) is 7.37. The molecule has 2 unspecified atom stereocenters. The Labute approximate surface area is 89.8 Å². The number of aromatic hydroxyl groups is 1. The summed E-state index contributed by atoms with van der Waals surface area (Å²) in [5.74, 6) is 0.183. The third-order valence-electron chi connectivity index (χ3n) is 2.97. The lowest BCUT2D eigenvalue weighted by atomic mass is 10.0. The smallest absolute Gasteiger partial charge is 0.121 e. The minimum Gasteiger partial charge on any atom is -0.508 e. The lowest BCUT2D eigenvalue weighted by Gasteiger charge is -2.16. The number of aliphatic hydroxyl groups excluding tert-OH is 1. The molecule has 3 nitrogen and oxygen atoms in total. The third kappa shape index (κ3) is 2.49. The van der Waals surface area contributed by atoms with Gasteiger partial charge in [0.2, 0.25) is 0 Å². The summed E-state index contributed by atoms with van der Waals surface area (Å²) < 4.78 is 0. The summed E-state index contributed by atoms with van der Waals surface area (Å²) in [6.45, 7) is 1.04. The van der Waals surface area contributed by atoms with Crippen molar-refractivity contribution in [2.45, 2.75) is 31.4 Å². The monoisotopic (exact) mass is 207 g/mol. The van der Waals surface area contributed by atoms with Gasteiger partial charge in [-0.15, -0.1) is 0 Å². The molecular weight excluding hydrogens is 190 g/mol. The van der Waals surface area contributed by atoms with Crippen LogP contribution in [0, 0.1) is 0 Å². The second-order valence-electron chi connectivity index (χ2n) is 4.10. The second kappa shape index (κ2) is 4.64. The molecular formula is C12H17NO2. The van der Waals surface area contributed by atoms with Gasteiger partial charge in [-0.1, -0.05) is 18.2 Å². The first-order chi connectivity index (χ1) is 7.27. The molecule has 1 heterocycles. The fourth-order valence-electron chi connectivity index (χ4n) is 2.12. The largest absolute Gasteiger partial charge is 0.508 e. The molecule has 15 heavy (non-hydrogen) atoms. The maximum absolute atomic E-state index is 9.96. The first-order valence-corrected chi connectivity index (χ1v) is 5.46. The normalized spacial score (nSPS) is 22.9. The van der Waals surface area contributed by atoms with Crippen molar-refractivity contribution in [3.05, 3.63) is 29.8 Å². The lowest BCUT2D eigenvalue weighted by Crippen LogP contribution is -2.23. The lowest BCUT2D eigenvalue weighted by molar-refractivity contribution is 0.151. The highest BCUT2D eigenvalue weighted by molar-refractivity contribution is 5.33. The maximum atomic E-state index is 9.96. The average Bonchev–Trinajstić information content (AvgIpc) is 2.71. The van der Waals surface area contributed by atoms with E-state index in [1.54, 1.807) is 18.2 Å². The van der Waals surface area contributed by atoms with Gasteiger partial charge in [0.25, 0.3) is 0 Å². The summed E-state index contributed by atoms with van der Waals surface area (Å²) >= 11 is 0. The Balaban J connectivity index is 2.00. The van der Waals surface area contributed by atoms with Crippen molar-refractivity contribution in [1.82, 2.24) is 5.32 Å². The fourth-order valence-corrected chi connectivity index (χ4v) is 2.12. The SMILES string of the molecule is Oc1ccccc1C(O)CC1CCCN1. The Morgan fingerprint density at radius 3 is 2.87 bits per heavy atom. The highest BCUT2D eigenvalue weighted by Crippen LogP contribution is 2.28. The Hall–Kier alpha value is -1.06. The van der Waals surface area contributed by atoms with E-state index in [2.05, 4.69) is 5.32 Å². The molecule has 1 aliphatic heterocycles. The molecule has 0 aromatic heterocycles. The van der Waals surface area contributed by atoms with Crippen molar-refractivity contribution in [3.63, 3.8) is 0 Å². The third-order valence-corrected chi connectivity index (χ3v) is 2.97. The molecule has 1 aromatic carbocycles. The number of hydrogen-bond donors (Lipinski definition) is 3. The number of phenolic OH excluding ortho intramolecular Hbond substituents is 1. The molecule has 0 amide bonds. The van der Waals surface area contributed by atoms with Gasteiger partial charge in [0, 0.05) is 11.6 Å². The maximum Gasteiger partial charge on any atom is 0.121 e. The summed E-state index contributed by atoms with van der Waals surface area (Å²) in [6.07, 6.45) is 2.40. The molecule has 1 fully saturated rings. The Morgan fingerprint density at radius 2 is 2.20 bits per heavy atom. The summed E-state index contributed by atoms with van der Waals surface area (Å²) in [5.41, 5.74) is 0.631. The number of rotatable bonds is 3. The van der Waals surface area contributed by atoms with Crippen LogP contribution in [0.2, 0.25) is 0 Å². The molecule has 0 saturated carbocycles. The van der Waals surface area contributed by atoms with Gasteiger partial charge in [0.05, 0.1) is 6.10 Å². The van der Waals surface area contributed by atoms with Crippen LogP contribution >= 0.6 is 0 Å². The van der Waals surface area contributed by atoms with E-state index < -0.39 is 6.10 Å². The first kappa shape index (κ1) is 10.5. The average molecular weight is 207 g/mol. The van der Waals surface area contributed by atoms with Gasteiger partial charge in [0.15, 0.2) is 0 Å². The number of para-hydroxylation sites is 1. The van der Waals surface area contributed by atoms with Crippen LogP contribution in [0.25, 0.3) is 0 Å². The molecule has 1 aromatic rings. The molecule has 82 valence electrons. The van der Waals surface area contributed by atoms with Crippen LogP contribution in [-0.4, -0.2) is 22.8 Å². The highest BCUT2D eigenvalue weighted by Gasteiger charge is 2.20. The summed E-state index contributed by atoms with van der Waals surface area (Å²) in [4.78, 5) is 0. The van der Waals surface area contributed by atoms with Crippen LogP contribution in [0.4, 0.5) is 0 Å². The van der Waals surface area contributed by atoms with Crippen LogP contribution < -0.4 is 5.32 Å². The zero-order valence-electron chi connectivity index (χ0n) is 8.69. The van der Waals surface area contributed by atoms with Crippen molar-refractivity contribution in [1.29, 1.82) is 0 Å². The topological polar surface area (TPSA) is 52.5 Å². The molecule has 1 saturated heterocycles. The summed E-state index contributed by atoms with van der Waals surface area (Å²) in [7, 11) is 0. The molecule has 0 spiro atoms. The van der Waals surface area contributed by atoms with Crippen molar-refractivity contribution in [3.8, 4) is 5.75 Å². The van der Waals surface area contributed by atoms with Crippen LogP contribution in [0.5, 0.6) is 5.75 Å². The van der Waals surface area contributed by atoms with E-state index in [1.807, 2.05) is 6.07 Å². The Morgan fingerprint density at radius 1 is 1.40 bits per heavy atom. The van der Waals surface area contributed by atoms with Crippen LogP contribution in [0.15, 0.2) is 24.3 Å². The van der Waals surface area contributed by atoms with Crippen molar-refractivity contribution in [2.24, 2.45) is 0 Å². The Kier molecular flexibility index (Phi) is 3.23. The van der Waals surface area contributed by atoms with E-state index in [4.69, 9.17) is 0 Å². The fraction of sp³-hybridized carbons (Fsp3) is 0.500. The van der Waals surface area contributed by atoms with Gasteiger partial charge in [0.1, 0.15) is 5.75 Å².